The van der Waals surface area contributed by atoms with E-state index in [0.717, 1.165) is 27.9 Å². The molecule has 0 atom stereocenters. The Morgan fingerprint density at radius 1 is 0.943 bits per heavy atom. The van der Waals surface area contributed by atoms with E-state index in [9.17, 15) is 13.9 Å². The van der Waals surface area contributed by atoms with Crippen LogP contribution >= 0.6 is 0 Å². The van der Waals surface area contributed by atoms with Crippen LogP contribution in [0.5, 0.6) is 0 Å². The lowest BCUT2D eigenvalue weighted by atomic mass is 9.63. The highest BCUT2D eigenvalue weighted by Crippen LogP contribution is 2.46. The lowest BCUT2D eigenvalue weighted by molar-refractivity contribution is -0.0738. The molecular weight excluding hydrogens is 448 g/mol. The minimum absolute atomic E-state index is 0.343. The Morgan fingerprint density at radius 2 is 1.66 bits per heavy atom. The molecule has 0 saturated heterocycles. The van der Waals surface area contributed by atoms with Crippen molar-refractivity contribution < 1.29 is 13.9 Å². The summed E-state index contributed by atoms with van der Waals surface area (Å²) in [6, 6.07) is 22.9. The van der Waals surface area contributed by atoms with Gasteiger partial charge in [-0.1, -0.05) is 54.6 Å². The molecule has 6 nitrogen and oxygen atoms in total. The first kappa shape index (κ1) is 21.8. The maximum Gasteiger partial charge on any atom is 0.297 e. The molecule has 6 rings (SSSR count). The zero-order chi connectivity index (χ0) is 24.4. The number of halogens is 2. The number of hydrogen-bond acceptors (Lipinski definition) is 5. The topological polar surface area (TPSA) is 89.3 Å². The Morgan fingerprint density at radius 3 is 2.31 bits per heavy atom. The number of aliphatic hydroxyl groups is 1. The molecule has 0 unspecified atom stereocenters. The zero-order valence-corrected chi connectivity index (χ0v) is 19.0. The van der Waals surface area contributed by atoms with Crippen LogP contribution < -0.4 is 5.73 Å². The predicted molar refractivity (Wildman–Crippen MR) is 130 cm³/mol. The second-order valence-corrected chi connectivity index (χ2v) is 9.62. The Kier molecular flexibility index (Phi) is 4.74. The molecule has 35 heavy (non-hydrogen) atoms. The SMILES string of the molecule is C[C@]1(O)C[C@@](N)(c2ccc(-c3nc4ccc5nnc(C(F)F)n5c4cc3-c3ccccc3)cc2)C1. The van der Waals surface area contributed by atoms with E-state index in [-0.39, 0.29) is 0 Å². The Labute approximate surface area is 200 Å². The second kappa shape index (κ2) is 7.63. The van der Waals surface area contributed by atoms with Gasteiger partial charge in [-0.3, -0.25) is 4.40 Å². The van der Waals surface area contributed by atoms with Gasteiger partial charge in [0.15, 0.2) is 5.65 Å². The van der Waals surface area contributed by atoms with Crippen LogP contribution in [0.3, 0.4) is 0 Å². The number of nitrogens with two attached hydrogens (primary N) is 1. The summed E-state index contributed by atoms with van der Waals surface area (Å²) in [6.45, 7) is 1.80. The predicted octanol–water partition coefficient (Wildman–Crippen LogP) is 5.25. The van der Waals surface area contributed by atoms with Crippen LogP contribution in [-0.2, 0) is 5.54 Å². The molecule has 0 aliphatic heterocycles. The van der Waals surface area contributed by atoms with Gasteiger partial charge in [0.25, 0.3) is 6.43 Å². The van der Waals surface area contributed by atoms with Crippen molar-refractivity contribution in [2.45, 2.75) is 37.3 Å². The molecule has 5 aromatic rings. The molecule has 8 heteroatoms. The van der Waals surface area contributed by atoms with Gasteiger partial charge >= 0.3 is 0 Å². The Bertz CT molecular complexity index is 1550. The smallest absolute Gasteiger partial charge is 0.297 e. The normalized spacial score (nSPS) is 22.1. The number of rotatable bonds is 4. The highest BCUT2D eigenvalue weighted by Gasteiger charge is 2.49. The van der Waals surface area contributed by atoms with Crippen LogP contribution in [0.25, 0.3) is 39.1 Å². The van der Waals surface area contributed by atoms with Crippen LogP contribution in [0.2, 0.25) is 0 Å². The minimum Gasteiger partial charge on any atom is -0.390 e. The first-order chi connectivity index (χ1) is 16.7. The standard InChI is InChI=1S/C27H23F2N5O/c1-26(35)14-27(30,15-26)18-9-7-17(8-10-18)23-19(16-5-3-2-4-6-16)13-21-20(31-23)11-12-22-32-33-25(24(28)29)34(21)22/h2-13,24,35H,14-15,30H2,1H3/t26-,27-. The quantitative estimate of drug-likeness (QED) is 0.374. The maximum absolute atomic E-state index is 13.7. The van der Waals surface area contributed by atoms with E-state index in [0.29, 0.717) is 29.5 Å². The van der Waals surface area contributed by atoms with Crippen LogP contribution in [0.15, 0.2) is 72.8 Å². The van der Waals surface area contributed by atoms with Gasteiger partial charge in [0.1, 0.15) is 0 Å². The van der Waals surface area contributed by atoms with Crippen molar-refractivity contribution in [2.24, 2.45) is 5.73 Å². The third-order valence-electron chi connectivity index (χ3n) is 6.78. The van der Waals surface area contributed by atoms with Gasteiger partial charge in [-0.2, -0.15) is 0 Å². The van der Waals surface area contributed by atoms with Gasteiger partial charge in [0.2, 0.25) is 5.82 Å². The van der Waals surface area contributed by atoms with E-state index >= 15 is 0 Å². The van der Waals surface area contributed by atoms with Crippen molar-refractivity contribution in [1.29, 1.82) is 0 Å². The number of pyridine rings is 2. The number of aromatic nitrogens is 4. The maximum atomic E-state index is 13.7. The van der Waals surface area contributed by atoms with Crippen molar-refractivity contribution in [3.63, 3.8) is 0 Å². The lowest BCUT2D eigenvalue weighted by Crippen LogP contribution is -2.58. The Hall–Kier alpha value is -3.75. The monoisotopic (exact) mass is 471 g/mol. The average Bonchev–Trinajstić information content (AvgIpc) is 3.28. The van der Waals surface area contributed by atoms with Crippen LogP contribution in [0.4, 0.5) is 8.78 Å². The molecule has 0 bridgehead atoms. The fourth-order valence-electron chi connectivity index (χ4n) is 5.31. The van der Waals surface area contributed by atoms with Gasteiger partial charge in [-0.25, -0.2) is 13.8 Å². The largest absolute Gasteiger partial charge is 0.390 e. The molecule has 1 aliphatic carbocycles. The minimum atomic E-state index is -2.76. The fraction of sp³-hybridized carbons (Fsp3) is 0.222. The second-order valence-electron chi connectivity index (χ2n) is 9.62. The molecule has 176 valence electrons. The molecular formula is C27H23F2N5O. The van der Waals surface area contributed by atoms with Gasteiger partial charge in [0.05, 0.1) is 22.3 Å². The highest BCUT2D eigenvalue weighted by molar-refractivity contribution is 5.91. The summed E-state index contributed by atoms with van der Waals surface area (Å²) in [5.41, 5.74) is 10.9. The van der Waals surface area contributed by atoms with Crippen molar-refractivity contribution in [3.8, 4) is 22.4 Å². The Balaban J connectivity index is 1.54. The van der Waals surface area contributed by atoms with Gasteiger partial charge < -0.3 is 10.8 Å². The van der Waals surface area contributed by atoms with Gasteiger partial charge in [0, 0.05) is 16.7 Å². The lowest BCUT2D eigenvalue weighted by Gasteiger charge is -2.49. The molecule has 3 N–H and O–H groups in total. The van der Waals surface area contributed by atoms with Crippen molar-refractivity contribution >= 4 is 16.7 Å². The first-order valence-corrected chi connectivity index (χ1v) is 11.4. The summed E-state index contributed by atoms with van der Waals surface area (Å²) in [4.78, 5) is 4.91. The highest BCUT2D eigenvalue weighted by atomic mass is 19.3. The van der Waals surface area contributed by atoms with Crippen molar-refractivity contribution in [1.82, 2.24) is 19.6 Å². The molecule has 1 aliphatic rings. The molecule has 1 saturated carbocycles. The summed E-state index contributed by atoms with van der Waals surface area (Å²) < 4.78 is 28.7. The van der Waals surface area contributed by atoms with Gasteiger partial charge in [-0.05, 0) is 49.1 Å². The third-order valence-corrected chi connectivity index (χ3v) is 6.78. The van der Waals surface area contributed by atoms with E-state index in [4.69, 9.17) is 10.7 Å². The third kappa shape index (κ3) is 3.57. The molecule has 1 fully saturated rings. The molecule has 0 spiro atoms. The van der Waals surface area contributed by atoms with Crippen molar-refractivity contribution in [2.75, 3.05) is 0 Å². The zero-order valence-electron chi connectivity index (χ0n) is 19.0. The van der Waals surface area contributed by atoms with Crippen LogP contribution in [-0.4, -0.2) is 30.3 Å². The van der Waals surface area contributed by atoms with Crippen LogP contribution in [0, 0.1) is 0 Å². The molecule has 3 heterocycles. The number of alkyl halides is 2. The van der Waals surface area contributed by atoms with E-state index in [1.807, 2.05) is 60.7 Å². The molecule has 0 amide bonds. The molecule has 3 aromatic heterocycles. The molecule has 0 radical (unpaired) electrons. The summed E-state index contributed by atoms with van der Waals surface area (Å²) in [5.74, 6) is -0.409. The summed E-state index contributed by atoms with van der Waals surface area (Å²) in [5, 5.41) is 17.8. The summed E-state index contributed by atoms with van der Waals surface area (Å²) in [7, 11) is 0. The number of nitrogens with zero attached hydrogens (tertiary/aromatic N) is 4. The first-order valence-electron chi connectivity index (χ1n) is 11.4. The fourth-order valence-corrected chi connectivity index (χ4v) is 5.31. The van der Waals surface area contributed by atoms with E-state index in [1.165, 1.54) is 4.40 Å². The van der Waals surface area contributed by atoms with E-state index in [2.05, 4.69) is 10.2 Å². The number of benzene rings is 2. The van der Waals surface area contributed by atoms with Crippen molar-refractivity contribution in [3.05, 3.63) is 84.2 Å². The van der Waals surface area contributed by atoms with E-state index in [1.54, 1.807) is 19.1 Å². The summed E-state index contributed by atoms with van der Waals surface area (Å²) >= 11 is 0. The molecule has 2 aromatic carbocycles. The number of fused-ring (bicyclic) bond motifs is 3. The van der Waals surface area contributed by atoms with E-state index < -0.39 is 23.4 Å². The van der Waals surface area contributed by atoms with Gasteiger partial charge in [-0.15, -0.1) is 10.2 Å². The van der Waals surface area contributed by atoms with Crippen LogP contribution in [0.1, 0.15) is 37.6 Å². The number of hydrogen-bond donors (Lipinski definition) is 2. The summed E-state index contributed by atoms with van der Waals surface area (Å²) in [6.07, 6.45) is -1.76. The average molecular weight is 472 g/mol.